The number of anilines is 1. The minimum atomic E-state index is -0.515. The van der Waals surface area contributed by atoms with Gasteiger partial charge >= 0.3 is 0 Å². The van der Waals surface area contributed by atoms with Crippen LogP contribution in [0.4, 0.5) is 5.69 Å². The zero-order valence-corrected chi connectivity index (χ0v) is 18.2. The molecule has 0 heterocycles. The Balaban J connectivity index is 1.96. The van der Waals surface area contributed by atoms with Crippen LogP contribution < -0.4 is 20.2 Å². The zero-order valence-electron chi connectivity index (χ0n) is 16.6. The molecule has 0 atom stereocenters. The van der Waals surface area contributed by atoms with Crippen LogP contribution in [0.25, 0.3) is 0 Å². The lowest BCUT2D eigenvalue weighted by atomic mass is 10.2. The number of amides is 2. The highest BCUT2D eigenvalue weighted by Crippen LogP contribution is 2.37. The summed E-state index contributed by atoms with van der Waals surface area (Å²) >= 11 is 3.47. The first-order valence-electron chi connectivity index (χ1n) is 9.18. The van der Waals surface area contributed by atoms with E-state index in [0.717, 1.165) is 0 Å². The van der Waals surface area contributed by atoms with Crippen molar-refractivity contribution in [3.63, 3.8) is 0 Å². The minimum Gasteiger partial charge on any atom is -0.490 e. The van der Waals surface area contributed by atoms with Crippen LogP contribution >= 0.6 is 15.9 Å². The lowest BCUT2D eigenvalue weighted by Gasteiger charge is -2.16. The molecule has 0 unspecified atom stereocenters. The van der Waals surface area contributed by atoms with E-state index in [1.165, 1.54) is 6.21 Å². The predicted molar refractivity (Wildman–Crippen MR) is 117 cm³/mol. The van der Waals surface area contributed by atoms with Gasteiger partial charge in [-0.15, -0.1) is 0 Å². The molecule has 29 heavy (non-hydrogen) atoms. The Morgan fingerprint density at radius 1 is 1.17 bits per heavy atom. The van der Waals surface area contributed by atoms with E-state index in [9.17, 15) is 9.59 Å². The fourth-order valence-corrected chi connectivity index (χ4v) is 2.92. The van der Waals surface area contributed by atoms with Gasteiger partial charge in [-0.3, -0.25) is 9.59 Å². The summed E-state index contributed by atoms with van der Waals surface area (Å²) in [4.78, 5) is 23.8. The third-order valence-corrected chi connectivity index (χ3v) is 4.06. The van der Waals surface area contributed by atoms with Crippen LogP contribution in [0.2, 0.25) is 0 Å². The van der Waals surface area contributed by atoms with Gasteiger partial charge in [0.25, 0.3) is 0 Å². The molecule has 0 aromatic heterocycles. The molecular weight excluding hydrogens is 438 g/mol. The number of hydrazone groups is 1. The number of para-hydroxylation sites is 1. The standard InChI is InChI=1S/C21H24BrN3O4/c1-4-28-18-11-15(10-17(22)21(18)29-14(2)3)13-23-25-20(27)12-19(26)24-16-8-6-5-7-9-16/h5-11,13-14H,4,12H2,1-3H3,(H,24,26)(H,25,27). The molecule has 2 amide bonds. The number of halogens is 1. The molecule has 0 aliphatic rings. The van der Waals surface area contributed by atoms with E-state index in [0.29, 0.717) is 33.8 Å². The van der Waals surface area contributed by atoms with Crippen LogP contribution in [-0.2, 0) is 9.59 Å². The quantitative estimate of drug-likeness (QED) is 0.334. The Morgan fingerprint density at radius 2 is 1.90 bits per heavy atom. The maximum Gasteiger partial charge on any atom is 0.249 e. The summed E-state index contributed by atoms with van der Waals surface area (Å²) in [6.07, 6.45) is 1.13. The van der Waals surface area contributed by atoms with Crippen LogP contribution in [0.5, 0.6) is 11.5 Å². The zero-order chi connectivity index (χ0) is 21.2. The molecular formula is C21H24BrN3O4. The second kappa shape index (κ2) is 11.2. The number of nitrogens with one attached hydrogen (secondary N) is 2. The summed E-state index contributed by atoms with van der Waals surface area (Å²) in [6.45, 7) is 6.23. The van der Waals surface area contributed by atoms with E-state index in [-0.39, 0.29) is 12.5 Å². The topological polar surface area (TPSA) is 89.0 Å². The van der Waals surface area contributed by atoms with Gasteiger partial charge in [-0.05, 0) is 66.5 Å². The third-order valence-electron chi connectivity index (χ3n) is 3.47. The number of ether oxygens (including phenoxy) is 2. The molecule has 2 rings (SSSR count). The van der Waals surface area contributed by atoms with Gasteiger partial charge in [0, 0.05) is 5.69 Å². The van der Waals surface area contributed by atoms with Crippen molar-refractivity contribution >= 4 is 39.6 Å². The Morgan fingerprint density at radius 3 is 2.55 bits per heavy atom. The molecule has 0 saturated heterocycles. The first-order chi connectivity index (χ1) is 13.9. The van der Waals surface area contributed by atoms with Crippen LogP contribution in [0, 0.1) is 0 Å². The molecule has 0 saturated carbocycles. The van der Waals surface area contributed by atoms with Crippen molar-refractivity contribution in [2.75, 3.05) is 11.9 Å². The molecule has 154 valence electrons. The van der Waals surface area contributed by atoms with E-state index < -0.39 is 11.8 Å². The van der Waals surface area contributed by atoms with E-state index in [2.05, 4.69) is 31.8 Å². The second-order valence-electron chi connectivity index (χ2n) is 6.31. The van der Waals surface area contributed by atoms with Crippen molar-refractivity contribution in [3.8, 4) is 11.5 Å². The number of carbonyl (C=O) groups excluding carboxylic acids is 2. The maximum absolute atomic E-state index is 11.9. The minimum absolute atomic E-state index is 0.00801. The number of hydrogen-bond donors (Lipinski definition) is 2. The van der Waals surface area contributed by atoms with Gasteiger partial charge in [-0.1, -0.05) is 18.2 Å². The predicted octanol–water partition coefficient (Wildman–Crippen LogP) is 4.11. The first-order valence-corrected chi connectivity index (χ1v) is 9.98. The smallest absolute Gasteiger partial charge is 0.249 e. The summed E-state index contributed by atoms with van der Waals surface area (Å²) in [5.74, 6) is 0.255. The fraction of sp³-hybridized carbons (Fsp3) is 0.286. The van der Waals surface area contributed by atoms with Crippen molar-refractivity contribution in [1.82, 2.24) is 5.43 Å². The van der Waals surface area contributed by atoms with Crippen molar-refractivity contribution in [1.29, 1.82) is 0 Å². The van der Waals surface area contributed by atoms with Gasteiger partial charge in [0.2, 0.25) is 11.8 Å². The average Bonchev–Trinajstić information content (AvgIpc) is 2.65. The number of carbonyl (C=O) groups is 2. The van der Waals surface area contributed by atoms with Crippen LogP contribution in [0.15, 0.2) is 52.0 Å². The monoisotopic (exact) mass is 461 g/mol. The van der Waals surface area contributed by atoms with E-state index in [1.54, 1.807) is 36.4 Å². The molecule has 0 aliphatic carbocycles. The summed E-state index contributed by atoms with van der Waals surface area (Å²) in [5.41, 5.74) is 3.68. The average molecular weight is 462 g/mol. The maximum atomic E-state index is 11.9. The highest BCUT2D eigenvalue weighted by Gasteiger charge is 2.13. The van der Waals surface area contributed by atoms with Gasteiger partial charge in [-0.2, -0.15) is 5.10 Å². The van der Waals surface area contributed by atoms with Gasteiger partial charge in [0.1, 0.15) is 6.42 Å². The van der Waals surface area contributed by atoms with E-state index >= 15 is 0 Å². The SMILES string of the molecule is CCOc1cc(C=NNC(=O)CC(=O)Nc2ccccc2)cc(Br)c1OC(C)C. The largest absolute Gasteiger partial charge is 0.490 e. The summed E-state index contributed by atoms with van der Waals surface area (Å²) in [5, 5.41) is 6.56. The number of benzene rings is 2. The Bertz CT molecular complexity index is 870. The van der Waals surface area contributed by atoms with Crippen molar-refractivity contribution in [2.45, 2.75) is 33.3 Å². The van der Waals surface area contributed by atoms with E-state index in [4.69, 9.17) is 9.47 Å². The van der Waals surface area contributed by atoms with Crippen LogP contribution in [-0.4, -0.2) is 30.7 Å². The molecule has 2 aromatic carbocycles. The Hall–Kier alpha value is -2.87. The van der Waals surface area contributed by atoms with Gasteiger partial charge in [0.05, 0.1) is 23.4 Å². The lowest BCUT2D eigenvalue weighted by molar-refractivity contribution is -0.126. The van der Waals surface area contributed by atoms with Crippen molar-refractivity contribution < 1.29 is 19.1 Å². The van der Waals surface area contributed by atoms with E-state index in [1.807, 2.05) is 26.8 Å². The first kappa shape index (κ1) is 22.4. The molecule has 2 N–H and O–H groups in total. The number of rotatable bonds is 9. The van der Waals surface area contributed by atoms with Crippen LogP contribution in [0.3, 0.4) is 0 Å². The molecule has 8 heteroatoms. The molecule has 2 aromatic rings. The highest BCUT2D eigenvalue weighted by molar-refractivity contribution is 9.10. The van der Waals surface area contributed by atoms with Gasteiger partial charge < -0.3 is 14.8 Å². The normalized spacial score (nSPS) is 10.8. The van der Waals surface area contributed by atoms with Gasteiger partial charge in [-0.25, -0.2) is 5.43 Å². The third kappa shape index (κ3) is 7.57. The van der Waals surface area contributed by atoms with Crippen molar-refractivity contribution in [3.05, 3.63) is 52.5 Å². The molecule has 0 fully saturated rings. The summed E-state index contributed by atoms with van der Waals surface area (Å²) in [6, 6.07) is 12.5. The summed E-state index contributed by atoms with van der Waals surface area (Å²) < 4.78 is 12.1. The molecule has 0 spiro atoms. The molecule has 0 bridgehead atoms. The van der Waals surface area contributed by atoms with Crippen LogP contribution in [0.1, 0.15) is 32.8 Å². The lowest BCUT2D eigenvalue weighted by Crippen LogP contribution is -2.24. The van der Waals surface area contributed by atoms with Crippen molar-refractivity contribution in [2.24, 2.45) is 5.10 Å². The Kier molecular flexibility index (Phi) is 8.67. The molecule has 0 aliphatic heterocycles. The second-order valence-corrected chi connectivity index (χ2v) is 7.17. The molecule has 0 radical (unpaired) electrons. The molecule has 7 nitrogen and oxygen atoms in total. The summed E-state index contributed by atoms with van der Waals surface area (Å²) in [7, 11) is 0. The Labute approximate surface area is 178 Å². The number of nitrogens with zero attached hydrogens (tertiary/aromatic N) is 1. The van der Waals surface area contributed by atoms with Gasteiger partial charge in [0.15, 0.2) is 11.5 Å². The fourth-order valence-electron chi connectivity index (χ4n) is 2.37. The highest BCUT2D eigenvalue weighted by atomic mass is 79.9. The number of hydrogen-bond acceptors (Lipinski definition) is 5.